The lowest BCUT2D eigenvalue weighted by molar-refractivity contribution is -0.114. The van der Waals surface area contributed by atoms with Crippen molar-refractivity contribution in [2.24, 2.45) is 0 Å². The first-order chi connectivity index (χ1) is 13.6. The molecule has 0 fully saturated rings. The van der Waals surface area contributed by atoms with Crippen LogP contribution < -0.4 is 5.32 Å². The van der Waals surface area contributed by atoms with Crippen LogP contribution in [0.5, 0.6) is 0 Å². The van der Waals surface area contributed by atoms with E-state index in [0.29, 0.717) is 29.4 Å². The first-order valence-electron chi connectivity index (χ1n) is 10.1. The molecule has 156 valence electrons. The Kier molecular flexibility index (Phi) is 7.86. The Morgan fingerprint density at radius 3 is 2.28 bits per heavy atom. The van der Waals surface area contributed by atoms with Crippen LogP contribution in [-0.4, -0.2) is 23.3 Å². The number of anilines is 1. The van der Waals surface area contributed by atoms with Crippen LogP contribution in [0.25, 0.3) is 0 Å². The van der Waals surface area contributed by atoms with Crippen LogP contribution in [0.2, 0.25) is 5.02 Å². The Morgan fingerprint density at radius 1 is 1.07 bits per heavy atom. The molecule has 0 aliphatic carbocycles. The van der Waals surface area contributed by atoms with Gasteiger partial charge in [-0.2, -0.15) is 0 Å². The number of halogens is 1. The SMILES string of the molecule is CCCCN(Cc1ccc(C(C)(C)C)cc1)C(=O)c1cc(Cl)ccc1NC(C)=O. The van der Waals surface area contributed by atoms with Gasteiger partial charge in [0.05, 0.1) is 11.3 Å². The monoisotopic (exact) mass is 414 g/mol. The molecule has 0 heterocycles. The number of carbonyl (C=O) groups excluding carboxylic acids is 2. The highest BCUT2D eigenvalue weighted by atomic mass is 35.5. The average Bonchev–Trinajstić information content (AvgIpc) is 2.65. The lowest BCUT2D eigenvalue weighted by Crippen LogP contribution is -2.32. The van der Waals surface area contributed by atoms with Gasteiger partial charge >= 0.3 is 0 Å². The molecule has 2 aromatic carbocycles. The summed E-state index contributed by atoms with van der Waals surface area (Å²) in [5, 5.41) is 3.20. The molecule has 2 amide bonds. The summed E-state index contributed by atoms with van der Waals surface area (Å²) in [4.78, 5) is 26.7. The molecule has 2 rings (SSSR count). The molecular formula is C24H31ClN2O2. The molecule has 5 heteroatoms. The number of nitrogens with zero attached hydrogens (tertiary/aromatic N) is 1. The van der Waals surface area contributed by atoms with Crippen molar-refractivity contribution in [2.45, 2.75) is 59.4 Å². The van der Waals surface area contributed by atoms with Gasteiger partial charge in [-0.3, -0.25) is 9.59 Å². The number of carbonyl (C=O) groups is 2. The van der Waals surface area contributed by atoms with Crippen molar-refractivity contribution in [3.8, 4) is 0 Å². The van der Waals surface area contributed by atoms with Crippen molar-refractivity contribution in [1.29, 1.82) is 0 Å². The van der Waals surface area contributed by atoms with E-state index in [1.807, 2.05) is 4.90 Å². The first kappa shape index (κ1) is 23.0. The van der Waals surface area contributed by atoms with E-state index in [1.54, 1.807) is 18.2 Å². The predicted molar refractivity (Wildman–Crippen MR) is 121 cm³/mol. The molecule has 0 aliphatic rings. The zero-order chi connectivity index (χ0) is 21.6. The second kappa shape index (κ2) is 9.93. The predicted octanol–water partition coefficient (Wildman–Crippen LogP) is 6.04. The number of hydrogen-bond donors (Lipinski definition) is 1. The quantitative estimate of drug-likeness (QED) is 0.600. The average molecular weight is 415 g/mol. The minimum atomic E-state index is -0.223. The van der Waals surface area contributed by atoms with E-state index >= 15 is 0 Å². The van der Waals surface area contributed by atoms with Gasteiger partial charge in [0, 0.05) is 25.0 Å². The zero-order valence-corrected chi connectivity index (χ0v) is 18.8. The molecule has 1 N–H and O–H groups in total. The van der Waals surface area contributed by atoms with Crippen LogP contribution in [0, 0.1) is 0 Å². The Bertz CT molecular complexity index is 854. The van der Waals surface area contributed by atoms with E-state index in [1.165, 1.54) is 12.5 Å². The maximum atomic E-state index is 13.4. The smallest absolute Gasteiger partial charge is 0.256 e. The summed E-state index contributed by atoms with van der Waals surface area (Å²) in [6.07, 6.45) is 1.89. The third-order valence-corrected chi connectivity index (χ3v) is 5.02. The summed E-state index contributed by atoms with van der Waals surface area (Å²) in [6, 6.07) is 13.4. The Morgan fingerprint density at radius 2 is 1.72 bits per heavy atom. The van der Waals surface area contributed by atoms with Crippen molar-refractivity contribution in [1.82, 2.24) is 4.90 Å². The summed E-state index contributed by atoms with van der Waals surface area (Å²) in [5.74, 6) is -0.358. The summed E-state index contributed by atoms with van der Waals surface area (Å²) < 4.78 is 0. The summed E-state index contributed by atoms with van der Waals surface area (Å²) in [6.45, 7) is 11.2. The summed E-state index contributed by atoms with van der Waals surface area (Å²) in [5.41, 5.74) is 3.32. The van der Waals surface area contributed by atoms with Gasteiger partial charge in [0.1, 0.15) is 0 Å². The molecule has 0 aliphatic heterocycles. The molecule has 0 saturated heterocycles. The highest BCUT2D eigenvalue weighted by molar-refractivity contribution is 6.31. The minimum Gasteiger partial charge on any atom is -0.334 e. The second-order valence-corrected chi connectivity index (χ2v) is 8.83. The molecule has 29 heavy (non-hydrogen) atoms. The maximum absolute atomic E-state index is 13.4. The number of unbranched alkanes of at least 4 members (excludes halogenated alkanes) is 1. The van der Waals surface area contributed by atoms with E-state index in [4.69, 9.17) is 11.6 Å². The fraction of sp³-hybridized carbons (Fsp3) is 0.417. The Hall–Kier alpha value is -2.33. The van der Waals surface area contributed by atoms with Gasteiger partial charge in [-0.1, -0.05) is 70.0 Å². The van der Waals surface area contributed by atoms with Gasteiger partial charge in [-0.05, 0) is 41.2 Å². The topological polar surface area (TPSA) is 49.4 Å². The lowest BCUT2D eigenvalue weighted by atomic mass is 9.87. The number of benzene rings is 2. The minimum absolute atomic E-state index is 0.0876. The van der Waals surface area contributed by atoms with E-state index in [2.05, 4.69) is 57.3 Å². The molecule has 4 nitrogen and oxygen atoms in total. The molecular weight excluding hydrogens is 384 g/mol. The normalized spacial score (nSPS) is 11.2. The standard InChI is InChI=1S/C24H31ClN2O2/c1-6-7-14-27(16-18-8-10-19(11-9-18)24(3,4)5)23(29)21-15-20(25)12-13-22(21)26-17(2)28/h8-13,15H,6-7,14,16H2,1-5H3,(H,26,28). The van der Waals surface area contributed by atoms with Crippen LogP contribution in [0.15, 0.2) is 42.5 Å². The number of amides is 2. The van der Waals surface area contributed by atoms with Gasteiger partial charge in [0.2, 0.25) is 5.91 Å². The maximum Gasteiger partial charge on any atom is 0.256 e. The number of hydrogen-bond acceptors (Lipinski definition) is 2. The van der Waals surface area contributed by atoms with Crippen LogP contribution in [0.1, 0.15) is 68.9 Å². The molecule has 0 atom stereocenters. The fourth-order valence-electron chi connectivity index (χ4n) is 3.09. The van der Waals surface area contributed by atoms with Gasteiger partial charge in [-0.15, -0.1) is 0 Å². The molecule has 0 bridgehead atoms. The molecule has 2 aromatic rings. The first-order valence-corrected chi connectivity index (χ1v) is 10.5. The summed E-state index contributed by atoms with van der Waals surface area (Å²) >= 11 is 6.14. The van der Waals surface area contributed by atoms with Crippen LogP contribution >= 0.6 is 11.6 Å². The Balaban J connectivity index is 2.31. The second-order valence-electron chi connectivity index (χ2n) is 8.40. The molecule has 0 aromatic heterocycles. The lowest BCUT2D eigenvalue weighted by Gasteiger charge is -2.25. The molecule has 0 saturated carbocycles. The molecule has 0 radical (unpaired) electrons. The van der Waals surface area contributed by atoms with Gasteiger partial charge in [0.25, 0.3) is 5.91 Å². The van der Waals surface area contributed by atoms with Crippen LogP contribution in [0.3, 0.4) is 0 Å². The Labute approximate surface area is 179 Å². The largest absolute Gasteiger partial charge is 0.334 e. The zero-order valence-electron chi connectivity index (χ0n) is 18.0. The van der Waals surface area contributed by atoms with Crippen molar-refractivity contribution in [3.63, 3.8) is 0 Å². The van der Waals surface area contributed by atoms with E-state index in [0.717, 1.165) is 18.4 Å². The third kappa shape index (κ3) is 6.60. The molecule has 0 spiro atoms. The highest BCUT2D eigenvalue weighted by Crippen LogP contribution is 2.25. The van der Waals surface area contributed by atoms with E-state index in [9.17, 15) is 9.59 Å². The van der Waals surface area contributed by atoms with Crippen molar-refractivity contribution in [2.75, 3.05) is 11.9 Å². The van der Waals surface area contributed by atoms with E-state index < -0.39 is 0 Å². The van der Waals surface area contributed by atoms with Gasteiger partial charge in [-0.25, -0.2) is 0 Å². The van der Waals surface area contributed by atoms with Crippen LogP contribution in [0.4, 0.5) is 5.69 Å². The van der Waals surface area contributed by atoms with Gasteiger partial charge < -0.3 is 10.2 Å². The molecule has 0 unspecified atom stereocenters. The van der Waals surface area contributed by atoms with Gasteiger partial charge in [0.15, 0.2) is 0 Å². The summed E-state index contributed by atoms with van der Waals surface area (Å²) in [7, 11) is 0. The third-order valence-electron chi connectivity index (χ3n) is 4.78. The van der Waals surface area contributed by atoms with Crippen molar-refractivity contribution < 1.29 is 9.59 Å². The number of rotatable bonds is 7. The highest BCUT2D eigenvalue weighted by Gasteiger charge is 2.21. The number of nitrogens with one attached hydrogen (secondary N) is 1. The fourth-order valence-corrected chi connectivity index (χ4v) is 3.27. The van der Waals surface area contributed by atoms with Crippen molar-refractivity contribution in [3.05, 3.63) is 64.2 Å². The van der Waals surface area contributed by atoms with Crippen LogP contribution in [-0.2, 0) is 16.8 Å². The van der Waals surface area contributed by atoms with Crippen molar-refractivity contribution >= 4 is 29.1 Å². The van der Waals surface area contributed by atoms with E-state index in [-0.39, 0.29) is 17.2 Å².